The minimum Gasteiger partial charge on any atom is -0.335 e. The van der Waals surface area contributed by atoms with Crippen LogP contribution in [0.5, 0.6) is 0 Å². The average molecular weight is 464 g/mol. The molecule has 1 aromatic heterocycles. The van der Waals surface area contributed by atoms with Gasteiger partial charge in [0.15, 0.2) is 5.69 Å². The first-order valence-corrected chi connectivity index (χ1v) is 11.2. The van der Waals surface area contributed by atoms with Gasteiger partial charge in [-0.05, 0) is 36.4 Å². The second kappa shape index (κ2) is 8.40. The second-order valence-electron chi connectivity index (χ2n) is 7.20. The van der Waals surface area contributed by atoms with Crippen molar-refractivity contribution in [1.82, 2.24) is 19.0 Å². The molecule has 168 valence electrons. The van der Waals surface area contributed by atoms with Gasteiger partial charge in [-0.15, -0.1) is 0 Å². The number of hydrogen-bond acceptors (Lipinski definition) is 4. The van der Waals surface area contributed by atoms with Gasteiger partial charge in [0.2, 0.25) is 10.0 Å². The van der Waals surface area contributed by atoms with E-state index in [1.165, 1.54) is 4.90 Å². The van der Waals surface area contributed by atoms with Crippen molar-refractivity contribution >= 4 is 15.9 Å². The van der Waals surface area contributed by atoms with Crippen LogP contribution in [0.1, 0.15) is 16.1 Å². The number of para-hydroxylation sites is 1. The monoisotopic (exact) mass is 464 g/mol. The van der Waals surface area contributed by atoms with E-state index in [9.17, 15) is 26.4 Å². The molecule has 0 spiro atoms. The van der Waals surface area contributed by atoms with Crippen molar-refractivity contribution in [3.8, 4) is 5.69 Å². The fourth-order valence-corrected chi connectivity index (χ4v) is 4.91. The zero-order valence-corrected chi connectivity index (χ0v) is 17.6. The lowest BCUT2D eigenvalue weighted by molar-refractivity contribution is -0.137. The summed E-state index contributed by atoms with van der Waals surface area (Å²) < 4.78 is 67.1. The fourth-order valence-electron chi connectivity index (χ4n) is 3.44. The Morgan fingerprint density at radius 3 is 2.25 bits per heavy atom. The van der Waals surface area contributed by atoms with E-state index in [0.29, 0.717) is 6.07 Å². The maximum Gasteiger partial charge on any atom is 0.416 e. The predicted octanol–water partition coefficient (Wildman–Crippen LogP) is 3.04. The first-order chi connectivity index (χ1) is 15.2. The Labute approximate surface area is 182 Å². The van der Waals surface area contributed by atoms with Crippen LogP contribution >= 0.6 is 0 Å². The smallest absolute Gasteiger partial charge is 0.335 e. The van der Waals surface area contributed by atoms with Crippen molar-refractivity contribution < 1.29 is 26.4 Å². The molecule has 0 bridgehead atoms. The highest BCUT2D eigenvalue weighted by Crippen LogP contribution is 2.31. The number of nitrogens with zero attached hydrogens (tertiary/aromatic N) is 4. The fraction of sp³-hybridized carbons (Fsp3) is 0.238. The maximum atomic E-state index is 12.9. The van der Waals surface area contributed by atoms with E-state index in [1.54, 1.807) is 16.9 Å². The van der Waals surface area contributed by atoms with Gasteiger partial charge in [-0.2, -0.15) is 22.6 Å². The second-order valence-corrected chi connectivity index (χ2v) is 9.14. The van der Waals surface area contributed by atoms with E-state index in [2.05, 4.69) is 5.10 Å². The molecular formula is C21H19F3N4O3S. The molecule has 3 aromatic rings. The highest BCUT2D eigenvalue weighted by atomic mass is 32.2. The van der Waals surface area contributed by atoms with E-state index in [0.717, 1.165) is 28.2 Å². The molecule has 0 saturated carbocycles. The topological polar surface area (TPSA) is 75.5 Å². The summed E-state index contributed by atoms with van der Waals surface area (Å²) in [6, 6.07) is 14.5. The van der Waals surface area contributed by atoms with Gasteiger partial charge < -0.3 is 4.90 Å². The summed E-state index contributed by atoms with van der Waals surface area (Å²) in [5.74, 6) is -0.337. The number of carbonyl (C=O) groups excluding carboxylic acids is 1. The van der Waals surface area contributed by atoms with Gasteiger partial charge >= 0.3 is 6.18 Å². The number of sulfonamides is 1. The standard InChI is InChI=1S/C21H19F3N4O3S/c22-21(23,24)16-5-4-8-18(15-16)32(30,31)27-13-11-26(12-14-27)20(29)19-9-10-28(25-19)17-6-2-1-3-7-17/h1-10,15H,11-14H2. The molecule has 0 N–H and O–H groups in total. The van der Waals surface area contributed by atoms with Gasteiger partial charge in [0.1, 0.15) is 0 Å². The molecule has 0 aliphatic carbocycles. The van der Waals surface area contributed by atoms with Gasteiger partial charge in [0.05, 0.1) is 16.1 Å². The zero-order valence-electron chi connectivity index (χ0n) is 16.7. The third-order valence-corrected chi connectivity index (χ3v) is 7.05. The minimum absolute atomic E-state index is 0.0241. The molecule has 2 aromatic carbocycles. The number of halogens is 3. The number of piperazine rings is 1. The Balaban J connectivity index is 1.44. The number of aromatic nitrogens is 2. The van der Waals surface area contributed by atoms with Gasteiger partial charge in [-0.1, -0.05) is 24.3 Å². The molecule has 0 unspecified atom stereocenters. The van der Waals surface area contributed by atoms with Crippen LogP contribution in [-0.2, 0) is 16.2 Å². The Morgan fingerprint density at radius 1 is 0.906 bits per heavy atom. The highest BCUT2D eigenvalue weighted by molar-refractivity contribution is 7.89. The van der Waals surface area contributed by atoms with Crippen molar-refractivity contribution in [2.24, 2.45) is 0 Å². The van der Waals surface area contributed by atoms with Crippen LogP contribution in [0.4, 0.5) is 13.2 Å². The molecule has 4 rings (SSSR count). The summed E-state index contributed by atoms with van der Waals surface area (Å²) in [5.41, 5.74) is -0.00650. The lowest BCUT2D eigenvalue weighted by Crippen LogP contribution is -2.50. The molecule has 1 amide bonds. The molecular weight excluding hydrogens is 445 g/mol. The van der Waals surface area contributed by atoms with E-state index in [-0.39, 0.29) is 37.8 Å². The first-order valence-electron chi connectivity index (χ1n) is 9.74. The molecule has 1 saturated heterocycles. The van der Waals surface area contributed by atoms with Crippen molar-refractivity contribution in [3.05, 3.63) is 78.1 Å². The van der Waals surface area contributed by atoms with E-state index >= 15 is 0 Å². The lowest BCUT2D eigenvalue weighted by atomic mass is 10.2. The van der Waals surface area contributed by atoms with Crippen molar-refractivity contribution in [2.75, 3.05) is 26.2 Å². The summed E-state index contributed by atoms with van der Waals surface area (Å²) in [7, 11) is -4.11. The SMILES string of the molecule is O=C(c1ccn(-c2ccccc2)n1)N1CCN(S(=O)(=O)c2cccc(C(F)(F)F)c2)CC1. The zero-order chi connectivity index (χ0) is 22.9. The normalized spacial score (nSPS) is 15.7. The van der Waals surface area contributed by atoms with Crippen LogP contribution in [0.3, 0.4) is 0 Å². The predicted molar refractivity (Wildman–Crippen MR) is 110 cm³/mol. The number of benzene rings is 2. The van der Waals surface area contributed by atoms with Crippen LogP contribution in [0.15, 0.2) is 71.8 Å². The highest BCUT2D eigenvalue weighted by Gasteiger charge is 2.34. The molecule has 0 atom stereocenters. The van der Waals surface area contributed by atoms with Crippen molar-refractivity contribution in [3.63, 3.8) is 0 Å². The van der Waals surface area contributed by atoms with Crippen LogP contribution in [0.25, 0.3) is 5.69 Å². The van der Waals surface area contributed by atoms with Gasteiger partial charge in [0.25, 0.3) is 5.91 Å². The quantitative estimate of drug-likeness (QED) is 0.595. The summed E-state index contributed by atoms with van der Waals surface area (Å²) in [6.45, 7) is 0.165. The summed E-state index contributed by atoms with van der Waals surface area (Å²) >= 11 is 0. The minimum atomic E-state index is -4.64. The van der Waals surface area contributed by atoms with E-state index < -0.39 is 26.7 Å². The van der Waals surface area contributed by atoms with Gasteiger partial charge in [-0.3, -0.25) is 4.79 Å². The number of amides is 1. The van der Waals surface area contributed by atoms with Crippen LogP contribution in [-0.4, -0.2) is 59.5 Å². The summed E-state index contributed by atoms with van der Waals surface area (Å²) in [5, 5.41) is 4.29. The van der Waals surface area contributed by atoms with Crippen LogP contribution in [0, 0.1) is 0 Å². The molecule has 1 fully saturated rings. The molecule has 11 heteroatoms. The maximum absolute atomic E-state index is 12.9. The number of alkyl halides is 3. The summed E-state index contributed by atoms with van der Waals surface area (Å²) in [6.07, 6.45) is -2.98. The van der Waals surface area contributed by atoms with Gasteiger partial charge in [0, 0.05) is 32.4 Å². The van der Waals surface area contributed by atoms with Crippen molar-refractivity contribution in [2.45, 2.75) is 11.1 Å². The Morgan fingerprint density at radius 2 is 1.59 bits per heavy atom. The first kappa shape index (κ1) is 22.0. The van der Waals surface area contributed by atoms with Crippen LogP contribution in [0.2, 0.25) is 0 Å². The van der Waals surface area contributed by atoms with E-state index in [4.69, 9.17) is 0 Å². The Kier molecular flexibility index (Phi) is 5.78. The number of hydrogen-bond donors (Lipinski definition) is 0. The van der Waals surface area contributed by atoms with Gasteiger partial charge in [-0.25, -0.2) is 13.1 Å². The molecule has 32 heavy (non-hydrogen) atoms. The third kappa shape index (κ3) is 4.39. The van der Waals surface area contributed by atoms with E-state index in [1.807, 2.05) is 30.3 Å². The molecule has 1 aliphatic rings. The Bertz CT molecular complexity index is 1220. The molecule has 1 aliphatic heterocycles. The third-order valence-electron chi connectivity index (χ3n) is 5.15. The molecule has 0 radical (unpaired) electrons. The van der Waals surface area contributed by atoms with Crippen molar-refractivity contribution in [1.29, 1.82) is 0 Å². The number of rotatable bonds is 4. The average Bonchev–Trinajstić information content (AvgIpc) is 3.29. The lowest BCUT2D eigenvalue weighted by Gasteiger charge is -2.33. The Hall–Kier alpha value is -3.18. The van der Waals surface area contributed by atoms with Crippen LogP contribution < -0.4 is 0 Å². The molecule has 2 heterocycles. The largest absolute Gasteiger partial charge is 0.416 e. The summed E-state index contributed by atoms with van der Waals surface area (Å²) in [4.78, 5) is 13.8. The number of carbonyl (C=O) groups is 1. The molecule has 7 nitrogen and oxygen atoms in total.